The molecule has 0 spiro atoms. The van der Waals surface area contributed by atoms with Crippen molar-refractivity contribution in [1.29, 1.82) is 0 Å². The third-order valence-corrected chi connectivity index (χ3v) is 4.34. The zero-order valence-corrected chi connectivity index (χ0v) is 12.4. The van der Waals surface area contributed by atoms with Gasteiger partial charge in [-0.3, -0.25) is 4.79 Å². The summed E-state index contributed by atoms with van der Waals surface area (Å²) in [6.45, 7) is 0. The molecule has 3 rings (SSSR count). The van der Waals surface area contributed by atoms with Crippen molar-refractivity contribution in [3.63, 3.8) is 0 Å². The number of benzene rings is 1. The van der Waals surface area contributed by atoms with Crippen LogP contribution in [0.2, 0.25) is 10.0 Å². The molecule has 0 saturated carbocycles. The van der Waals surface area contributed by atoms with Crippen LogP contribution >= 0.6 is 23.2 Å². The molecular weight excluding hydrogens is 295 g/mol. The van der Waals surface area contributed by atoms with Gasteiger partial charge in [0.2, 0.25) is 0 Å². The fourth-order valence-corrected chi connectivity index (χ4v) is 2.90. The minimum absolute atomic E-state index is 0.00441. The van der Waals surface area contributed by atoms with Gasteiger partial charge in [0.1, 0.15) is 5.82 Å². The van der Waals surface area contributed by atoms with Gasteiger partial charge in [-0.1, -0.05) is 29.3 Å². The molecule has 0 atom stereocenters. The summed E-state index contributed by atoms with van der Waals surface area (Å²) in [4.78, 5) is 19.5. The SMILES string of the molecule is O=c1[nH]c(Cc2ccc(Cl)c(Cl)c2)nc2c1CCCC2. The van der Waals surface area contributed by atoms with Gasteiger partial charge in [-0.2, -0.15) is 0 Å². The van der Waals surface area contributed by atoms with Crippen LogP contribution in [0.3, 0.4) is 0 Å². The Balaban J connectivity index is 1.93. The van der Waals surface area contributed by atoms with E-state index in [1.165, 1.54) is 0 Å². The summed E-state index contributed by atoms with van der Waals surface area (Å²) in [5.41, 5.74) is 2.80. The zero-order chi connectivity index (χ0) is 14.1. The van der Waals surface area contributed by atoms with Gasteiger partial charge in [-0.25, -0.2) is 4.98 Å². The molecule has 1 aromatic carbocycles. The van der Waals surface area contributed by atoms with Crippen LogP contribution in [0, 0.1) is 0 Å². The first-order valence-corrected chi connectivity index (χ1v) is 7.44. The standard InChI is InChI=1S/C15H14Cl2N2O/c16-11-6-5-9(7-12(11)17)8-14-18-13-4-2-1-3-10(13)15(20)19-14/h5-7H,1-4,8H2,(H,18,19,20). The molecule has 1 N–H and O–H groups in total. The number of nitrogens with zero attached hydrogens (tertiary/aromatic N) is 1. The van der Waals surface area contributed by atoms with Crippen LogP contribution in [0.1, 0.15) is 35.5 Å². The fraction of sp³-hybridized carbons (Fsp3) is 0.333. The molecule has 0 fully saturated rings. The summed E-state index contributed by atoms with van der Waals surface area (Å²) in [7, 11) is 0. The van der Waals surface area contributed by atoms with E-state index in [-0.39, 0.29) is 5.56 Å². The van der Waals surface area contributed by atoms with Gasteiger partial charge in [0.25, 0.3) is 5.56 Å². The van der Waals surface area contributed by atoms with E-state index in [0.717, 1.165) is 42.5 Å². The lowest BCUT2D eigenvalue weighted by molar-refractivity contribution is 0.648. The van der Waals surface area contributed by atoms with Gasteiger partial charge in [0.05, 0.1) is 15.7 Å². The number of nitrogens with one attached hydrogen (secondary N) is 1. The van der Waals surface area contributed by atoms with Crippen LogP contribution in [0.5, 0.6) is 0 Å². The van der Waals surface area contributed by atoms with Crippen LogP contribution < -0.4 is 5.56 Å². The maximum atomic E-state index is 12.1. The van der Waals surface area contributed by atoms with E-state index < -0.39 is 0 Å². The summed E-state index contributed by atoms with van der Waals surface area (Å²) >= 11 is 11.9. The Bertz CT molecular complexity index is 710. The molecule has 0 amide bonds. The second-order valence-corrected chi connectivity index (χ2v) is 5.88. The number of hydrogen-bond donors (Lipinski definition) is 1. The average molecular weight is 309 g/mol. The van der Waals surface area contributed by atoms with Crippen LogP contribution in [0.4, 0.5) is 0 Å². The second kappa shape index (κ2) is 5.58. The smallest absolute Gasteiger partial charge is 0.254 e. The predicted molar refractivity (Wildman–Crippen MR) is 80.8 cm³/mol. The Morgan fingerprint density at radius 2 is 1.95 bits per heavy atom. The number of aryl methyl sites for hydroxylation is 1. The monoisotopic (exact) mass is 308 g/mol. The molecule has 1 heterocycles. The van der Waals surface area contributed by atoms with Gasteiger partial charge < -0.3 is 4.98 Å². The van der Waals surface area contributed by atoms with E-state index >= 15 is 0 Å². The highest BCUT2D eigenvalue weighted by molar-refractivity contribution is 6.42. The third-order valence-electron chi connectivity index (χ3n) is 3.60. The van der Waals surface area contributed by atoms with Crippen LogP contribution in [0.15, 0.2) is 23.0 Å². The lowest BCUT2D eigenvalue weighted by atomic mass is 9.97. The summed E-state index contributed by atoms with van der Waals surface area (Å²) < 4.78 is 0. The number of H-pyrrole nitrogens is 1. The van der Waals surface area contributed by atoms with E-state index in [1.807, 2.05) is 12.1 Å². The van der Waals surface area contributed by atoms with Crippen molar-refractivity contribution in [2.75, 3.05) is 0 Å². The molecule has 0 bridgehead atoms. The molecule has 1 aliphatic carbocycles. The van der Waals surface area contributed by atoms with Crippen molar-refractivity contribution in [1.82, 2.24) is 9.97 Å². The van der Waals surface area contributed by atoms with Crippen LogP contribution in [-0.4, -0.2) is 9.97 Å². The number of aromatic amines is 1. The molecule has 5 heteroatoms. The van der Waals surface area contributed by atoms with Crippen molar-refractivity contribution in [2.24, 2.45) is 0 Å². The Hall–Kier alpha value is -1.32. The van der Waals surface area contributed by atoms with Crippen molar-refractivity contribution >= 4 is 23.2 Å². The Labute approximate surface area is 127 Å². The Morgan fingerprint density at radius 1 is 1.15 bits per heavy atom. The molecule has 0 radical (unpaired) electrons. The number of rotatable bonds is 2. The number of hydrogen-bond acceptors (Lipinski definition) is 2. The highest BCUT2D eigenvalue weighted by atomic mass is 35.5. The Kier molecular flexibility index (Phi) is 3.81. The third kappa shape index (κ3) is 2.74. The maximum absolute atomic E-state index is 12.1. The maximum Gasteiger partial charge on any atom is 0.254 e. The first kappa shape index (κ1) is 13.7. The van der Waals surface area contributed by atoms with E-state index in [9.17, 15) is 4.79 Å². The van der Waals surface area contributed by atoms with E-state index in [4.69, 9.17) is 23.2 Å². The van der Waals surface area contributed by atoms with Gasteiger partial charge >= 0.3 is 0 Å². The fourth-order valence-electron chi connectivity index (χ4n) is 2.58. The van der Waals surface area contributed by atoms with E-state index in [0.29, 0.717) is 22.3 Å². The predicted octanol–water partition coefficient (Wildman–Crippen LogP) is 3.55. The lowest BCUT2D eigenvalue weighted by Gasteiger charge is -2.14. The molecule has 1 aliphatic rings. The number of fused-ring (bicyclic) bond motifs is 1. The van der Waals surface area contributed by atoms with Gasteiger partial charge in [0.15, 0.2) is 0 Å². The summed E-state index contributed by atoms with van der Waals surface area (Å²) in [6, 6.07) is 5.47. The molecular formula is C15H14Cl2N2O. The highest BCUT2D eigenvalue weighted by Crippen LogP contribution is 2.23. The molecule has 104 valence electrons. The second-order valence-electron chi connectivity index (χ2n) is 5.07. The number of halogens is 2. The molecule has 0 saturated heterocycles. The normalized spacial score (nSPS) is 14.1. The molecule has 0 unspecified atom stereocenters. The van der Waals surface area contributed by atoms with Crippen molar-refractivity contribution < 1.29 is 0 Å². The lowest BCUT2D eigenvalue weighted by Crippen LogP contribution is -2.23. The van der Waals surface area contributed by atoms with Crippen molar-refractivity contribution in [2.45, 2.75) is 32.1 Å². The molecule has 2 aromatic rings. The highest BCUT2D eigenvalue weighted by Gasteiger charge is 2.15. The first-order valence-electron chi connectivity index (χ1n) is 6.68. The van der Waals surface area contributed by atoms with Gasteiger partial charge in [-0.05, 0) is 43.4 Å². The first-order chi connectivity index (χ1) is 9.63. The minimum Gasteiger partial charge on any atom is -0.310 e. The topological polar surface area (TPSA) is 45.8 Å². The van der Waals surface area contributed by atoms with Gasteiger partial charge in [-0.15, -0.1) is 0 Å². The summed E-state index contributed by atoms with van der Waals surface area (Å²) in [6.07, 6.45) is 4.47. The molecule has 1 aromatic heterocycles. The quantitative estimate of drug-likeness (QED) is 0.922. The van der Waals surface area contributed by atoms with Crippen LogP contribution in [-0.2, 0) is 19.3 Å². The van der Waals surface area contributed by atoms with Crippen molar-refractivity contribution in [3.05, 3.63) is 61.2 Å². The molecule has 0 aliphatic heterocycles. The minimum atomic E-state index is 0.00441. The molecule has 3 nitrogen and oxygen atoms in total. The average Bonchev–Trinajstić information content (AvgIpc) is 2.43. The number of aromatic nitrogens is 2. The van der Waals surface area contributed by atoms with E-state index in [1.54, 1.807) is 6.07 Å². The summed E-state index contributed by atoms with van der Waals surface area (Å²) in [5, 5.41) is 1.05. The van der Waals surface area contributed by atoms with Gasteiger partial charge in [0, 0.05) is 12.0 Å². The van der Waals surface area contributed by atoms with Crippen molar-refractivity contribution in [3.8, 4) is 0 Å². The Morgan fingerprint density at radius 3 is 2.75 bits per heavy atom. The van der Waals surface area contributed by atoms with E-state index in [2.05, 4.69) is 9.97 Å². The van der Waals surface area contributed by atoms with Crippen LogP contribution in [0.25, 0.3) is 0 Å². The zero-order valence-electron chi connectivity index (χ0n) is 10.9. The summed E-state index contributed by atoms with van der Waals surface area (Å²) in [5.74, 6) is 0.689. The molecule has 20 heavy (non-hydrogen) atoms. The largest absolute Gasteiger partial charge is 0.310 e.